The molecule has 0 aliphatic carbocycles. The lowest BCUT2D eigenvalue weighted by molar-refractivity contribution is -0.141. The molecule has 2 aliphatic rings. The van der Waals surface area contributed by atoms with Gasteiger partial charge in [0.2, 0.25) is 0 Å². The smallest absolute Gasteiger partial charge is 0.258 e. The number of hydrazine groups is 1. The van der Waals surface area contributed by atoms with E-state index in [0.29, 0.717) is 41.6 Å². The lowest BCUT2D eigenvalue weighted by Crippen LogP contribution is -2.33. The third-order valence-electron chi connectivity index (χ3n) is 3.98. The molecule has 0 radical (unpaired) electrons. The Morgan fingerprint density at radius 1 is 1.26 bits per heavy atom. The fourth-order valence-corrected chi connectivity index (χ4v) is 3.40. The van der Waals surface area contributed by atoms with Crippen molar-refractivity contribution in [3.63, 3.8) is 0 Å². The van der Waals surface area contributed by atoms with Gasteiger partial charge in [-0.1, -0.05) is 17.5 Å². The minimum atomic E-state index is -0.923. The van der Waals surface area contributed by atoms with E-state index in [2.05, 4.69) is 11.8 Å². The molecule has 120 valence electrons. The zero-order valence-corrected chi connectivity index (χ0v) is 13.8. The van der Waals surface area contributed by atoms with Crippen LogP contribution < -0.4 is 4.74 Å². The Labute approximate surface area is 140 Å². The van der Waals surface area contributed by atoms with Gasteiger partial charge in [-0.15, -0.1) is 5.92 Å². The van der Waals surface area contributed by atoms with Crippen molar-refractivity contribution in [1.82, 2.24) is 10.0 Å². The summed E-state index contributed by atoms with van der Waals surface area (Å²) in [4.78, 5) is 25.3. The van der Waals surface area contributed by atoms with Crippen LogP contribution in [0.5, 0.6) is 5.75 Å². The number of hydrogen-bond acceptors (Lipinski definition) is 3. The Bertz CT molecular complexity index is 713. The number of carbonyl (C=O) groups excluding carboxylic acids is 2. The van der Waals surface area contributed by atoms with E-state index in [9.17, 15) is 9.59 Å². The quantitative estimate of drug-likeness (QED) is 0.629. The first kappa shape index (κ1) is 15.7. The Morgan fingerprint density at radius 2 is 1.91 bits per heavy atom. The highest BCUT2D eigenvalue weighted by atomic mass is 35.5. The summed E-state index contributed by atoms with van der Waals surface area (Å²) in [5.74, 6) is 4.79. The highest BCUT2D eigenvalue weighted by Crippen LogP contribution is 2.41. The zero-order valence-electron chi connectivity index (χ0n) is 13.1. The van der Waals surface area contributed by atoms with Gasteiger partial charge in [-0.25, -0.2) is 0 Å². The average Bonchev–Trinajstić information content (AvgIpc) is 3.07. The molecule has 2 heterocycles. The molecule has 0 saturated carbocycles. The van der Waals surface area contributed by atoms with E-state index in [1.165, 1.54) is 10.0 Å². The first-order valence-corrected chi connectivity index (χ1v) is 7.98. The van der Waals surface area contributed by atoms with Gasteiger partial charge in [0.25, 0.3) is 11.8 Å². The van der Waals surface area contributed by atoms with E-state index in [-0.39, 0.29) is 11.8 Å². The number of nitrogens with zero attached hydrogens (tertiary/aromatic N) is 2. The topological polar surface area (TPSA) is 49.9 Å². The predicted octanol–water partition coefficient (Wildman–Crippen LogP) is 2.18. The van der Waals surface area contributed by atoms with Crippen LogP contribution in [0.2, 0.25) is 5.02 Å². The number of fused-ring (bicyclic) bond motifs is 1. The first-order chi connectivity index (χ1) is 11.1. The first-order valence-electron chi connectivity index (χ1n) is 7.60. The van der Waals surface area contributed by atoms with Crippen LogP contribution >= 0.6 is 11.6 Å². The molecule has 5 nitrogen and oxygen atoms in total. The van der Waals surface area contributed by atoms with E-state index in [1.54, 1.807) is 19.1 Å². The number of rotatable bonds is 3. The fraction of sp³-hybridized carbons (Fsp3) is 0.412. The largest absolute Gasteiger partial charge is 0.493 e. The van der Waals surface area contributed by atoms with E-state index in [4.69, 9.17) is 16.3 Å². The monoisotopic (exact) mass is 332 g/mol. The molecular weight excluding hydrogens is 316 g/mol. The summed E-state index contributed by atoms with van der Waals surface area (Å²) in [7, 11) is 0. The van der Waals surface area contributed by atoms with Crippen molar-refractivity contribution in [3.05, 3.63) is 28.3 Å². The molecule has 0 spiro atoms. The molecular formula is C17H17ClN2O3. The van der Waals surface area contributed by atoms with Crippen LogP contribution in [-0.4, -0.2) is 41.5 Å². The molecule has 0 atom stereocenters. The molecule has 0 aromatic heterocycles. The summed E-state index contributed by atoms with van der Waals surface area (Å²) in [5, 5.41) is 3.36. The number of carbonyl (C=O) groups is 2. The molecule has 1 aromatic carbocycles. The molecule has 23 heavy (non-hydrogen) atoms. The van der Waals surface area contributed by atoms with Gasteiger partial charge in [0.1, 0.15) is 5.75 Å². The minimum Gasteiger partial charge on any atom is -0.493 e. The highest BCUT2D eigenvalue weighted by molar-refractivity contribution is 6.32. The second kappa shape index (κ2) is 6.13. The Hall–Kier alpha value is -2.19. The summed E-state index contributed by atoms with van der Waals surface area (Å²) in [6.45, 7) is 5.13. The van der Waals surface area contributed by atoms with Crippen molar-refractivity contribution < 1.29 is 14.3 Å². The Balaban J connectivity index is 2.09. The van der Waals surface area contributed by atoms with Gasteiger partial charge >= 0.3 is 0 Å². The lowest BCUT2D eigenvalue weighted by atomic mass is 9.95. The van der Waals surface area contributed by atoms with Gasteiger partial charge in [-0.3, -0.25) is 19.6 Å². The maximum atomic E-state index is 12.6. The van der Waals surface area contributed by atoms with Crippen molar-refractivity contribution in [2.75, 3.05) is 19.7 Å². The third-order valence-corrected chi connectivity index (χ3v) is 4.30. The Morgan fingerprint density at radius 3 is 2.48 bits per heavy atom. The van der Waals surface area contributed by atoms with E-state index < -0.39 is 5.92 Å². The molecule has 2 saturated heterocycles. The summed E-state index contributed by atoms with van der Waals surface area (Å²) in [5.41, 5.74) is 1.14. The van der Waals surface area contributed by atoms with Crippen LogP contribution in [0.4, 0.5) is 0 Å². The zero-order chi connectivity index (χ0) is 16.6. The van der Waals surface area contributed by atoms with E-state index >= 15 is 0 Å². The van der Waals surface area contributed by atoms with Gasteiger partial charge in [-0.05, 0) is 32.4 Å². The summed E-state index contributed by atoms with van der Waals surface area (Å²) in [6.07, 6.45) is 0.807. The number of amides is 2. The molecule has 1 aromatic rings. The predicted molar refractivity (Wildman–Crippen MR) is 86.0 cm³/mol. The summed E-state index contributed by atoms with van der Waals surface area (Å²) in [6, 6.07) is 3.41. The van der Waals surface area contributed by atoms with Gasteiger partial charge in [0.05, 0.1) is 11.6 Å². The number of hydrogen-bond donors (Lipinski definition) is 0. The fourth-order valence-electron chi connectivity index (χ4n) is 3.08. The SMILES string of the molecule is CC#Cc1cc(Cl)c(C2C(=O)N3CCCN3C2=O)c(OCC)c1. The molecule has 2 amide bonds. The normalized spacial score (nSPS) is 17.3. The maximum absolute atomic E-state index is 12.6. The molecule has 0 bridgehead atoms. The van der Waals surface area contributed by atoms with Crippen LogP contribution in [0, 0.1) is 11.8 Å². The van der Waals surface area contributed by atoms with Crippen LogP contribution in [0.15, 0.2) is 12.1 Å². The summed E-state index contributed by atoms with van der Waals surface area (Å²) >= 11 is 6.38. The maximum Gasteiger partial charge on any atom is 0.258 e. The minimum absolute atomic E-state index is 0.232. The van der Waals surface area contributed by atoms with Gasteiger partial charge in [0.15, 0.2) is 5.92 Å². The second-order valence-electron chi connectivity index (χ2n) is 5.39. The summed E-state index contributed by atoms with van der Waals surface area (Å²) < 4.78 is 5.64. The molecule has 6 heteroatoms. The van der Waals surface area contributed by atoms with Gasteiger partial charge < -0.3 is 4.74 Å². The van der Waals surface area contributed by atoms with Crippen LogP contribution in [0.25, 0.3) is 0 Å². The number of halogens is 1. The molecule has 3 rings (SSSR count). The van der Waals surface area contributed by atoms with Crippen LogP contribution in [-0.2, 0) is 9.59 Å². The lowest BCUT2D eigenvalue weighted by Gasteiger charge is -2.16. The second-order valence-corrected chi connectivity index (χ2v) is 5.79. The van der Waals surface area contributed by atoms with Crippen molar-refractivity contribution in [1.29, 1.82) is 0 Å². The van der Waals surface area contributed by atoms with Crippen LogP contribution in [0.1, 0.15) is 37.3 Å². The van der Waals surface area contributed by atoms with Crippen molar-refractivity contribution in [2.24, 2.45) is 0 Å². The van der Waals surface area contributed by atoms with E-state index in [1.807, 2.05) is 6.92 Å². The third kappa shape index (κ3) is 2.53. The molecule has 2 fully saturated rings. The standard InChI is InChI=1S/C17H17ClN2O3/c1-3-6-11-9-12(18)14(13(10-11)23-4-2)15-16(21)19-7-5-8-20(19)17(15)22/h9-10,15H,4-5,7-8H2,1-2H3. The van der Waals surface area contributed by atoms with Gasteiger partial charge in [0, 0.05) is 24.2 Å². The molecule has 0 N–H and O–H groups in total. The van der Waals surface area contributed by atoms with Crippen molar-refractivity contribution >= 4 is 23.4 Å². The van der Waals surface area contributed by atoms with E-state index in [0.717, 1.165) is 6.42 Å². The number of benzene rings is 1. The Kier molecular flexibility index (Phi) is 4.18. The van der Waals surface area contributed by atoms with Crippen molar-refractivity contribution in [2.45, 2.75) is 26.2 Å². The highest BCUT2D eigenvalue weighted by Gasteiger charge is 2.50. The van der Waals surface area contributed by atoms with Gasteiger partial charge in [-0.2, -0.15) is 0 Å². The van der Waals surface area contributed by atoms with Crippen LogP contribution in [0.3, 0.4) is 0 Å². The van der Waals surface area contributed by atoms with Crippen molar-refractivity contribution in [3.8, 4) is 17.6 Å². The average molecular weight is 333 g/mol. The molecule has 2 aliphatic heterocycles. The molecule has 0 unspecified atom stereocenters. The number of ether oxygens (including phenoxy) is 1.